The first-order valence-corrected chi connectivity index (χ1v) is 7.18. The third-order valence-corrected chi connectivity index (χ3v) is 3.43. The van der Waals surface area contributed by atoms with Crippen LogP contribution in [0.4, 0.5) is 0 Å². The predicted molar refractivity (Wildman–Crippen MR) is 84.0 cm³/mol. The number of methoxy groups -OCH3 is 1. The van der Waals surface area contributed by atoms with Crippen LogP contribution in [0.5, 0.6) is 11.5 Å². The van der Waals surface area contributed by atoms with E-state index in [1.807, 2.05) is 31.2 Å². The molecule has 0 aliphatic heterocycles. The molecule has 0 saturated heterocycles. The molecule has 0 bridgehead atoms. The monoisotopic (exact) mass is 306 g/mol. The number of halogens is 1. The molecule has 1 unspecified atom stereocenters. The number of benzene rings is 1. The molecule has 0 aliphatic carbocycles. The van der Waals surface area contributed by atoms with Gasteiger partial charge in [0.2, 0.25) is 0 Å². The summed E-state index contributed by atoms with van der Waals surface area (Å²) in [7, 11) is 1.60. The summed E-state index contributed by atoms with van der Waals surface area (Å²) >= 11 is 6.26. The molecule has 1 atom stereocenters. The zero-order chi connectivity index (χ0) is 15.2. The first-order chi connectivity index (χ1) is 10.2. The molecular formula is C16H19ClN2O2. The van der Waals surface area contributed by atoms with E-state index in [-0.39, 0.29) is 6.04 Å². The van der Waals surface area contributed by atoms with Gasteiger partial charge in [-0.25, -0.2) is 0 Å². The van der Waals surface area contributed by atoms with Crippen molar-refractivity contribution in [2.45, 2.75) is 19.4 Å². The van der Waals surface area contributed by atoms with Crippen LogP contribution in [0.3, 0.4) is 0 Å². The SMILES string of the molecule is CCOc1c(Cl)cc(CC(N)c2cccnc2)cc1OC. The van der Waals surface area contributed by atoms with Crippen LogP contribution < -0.4 is 15.2 Å². The van der Waals surface area contributed by atoms with Gasteiger partial charge in [-0.15, -0.1) is 0 Å². The summed E-state index contributed by atoms with van der Waals surface area (Å²) in [6, 6.07) is 7.47. The lowest BCUT2D eigenvalue weighted by atomic mass is 10.0. The third-order valence-electron chi connectivity index (χ3n) is 3.15. The minimum atomic E-state index is -0.141. The standard InChI is InChI=1S/C16H19ClN2O2/c1-3-21-16-13(17)7-11(9-15(16)20-2)8-14(18)12-5-4-6-19-10-12/h4-7,9-10,14H,3,8,18H2,1-2H3. The first-order valence-electron chi connectivity index (χ1n) is 6.80. The van der Waals surface area contributed by atoms with Gasteiger partial charge in [0.25, 0.3) is 0 Å². The molecule has 1 heterocycles. The molecule has 0 aliphatic rings. The smallest absolute Gasteiger partial charge is 0.179 e. The molecule has 5 heteroatoms. The zero-order valence-electron chi connectivity index (χ0n) is 12.2. The van der Waals surface area contributed by atoms with E-state index in [2.05, 4.69) is 4.98 Å². The molecule has 2 N–H and O–H groups in total. The molecular weight excluding hydrogens is 288 g/mol. The van der Waals surface area contributed by atoms with Crippen molar-refractivity contribution in [3.8, 4) is 11.5 Å². The van der Waals surface area contributed by atoms with Gasteiger partial charge in [-0.1, -0.05) is 17.7 Å². The van der Waals surface area contributed by atoms with Gasteiger partial charge in [-0.05, 0) is 42.7 Å². The molecule has 0 radical (unpaired) electrons. The Morgan fingerprint density at radius 3 is 2.81 bits per heavy atom. The van der Waals surface area contributed by atoms with E-state index >= 15 is 0 Å². The van der Waals surface area contributed by atoms with Crippen molar-refractivity contribution in [2.75, 3.05) is 13.7 Å². The Morgan fingerprint density at radius 2 is 2.19 bits per heavy atom. The van der Waals surface area contributed by atoms with Gasteiger partial charge in [0.1, 0.15) is 0 Å². The van der Waals surface area contributed by atoms with E-state index in [1.165, 1.54) is 0 Å². The zero-order valence-corrected chi connectivity index (χ0v) is 12.9. The van der Waals surface area contributed by atoms with Crippen LogP contribution in [0.1, 0.15) is 24.1 Å². The molecule has 2 aromatic rings. The average Bonchev–Trinajstić information content (AvgIpc) is 2.50. The van der Waals surface area contributed by atoms with E-state index in [4.69, 9.17) is 26.8 Å². The van der Waals surface area contributed by atoms with Gasteiger partial charge in [0, 0.05) is 18.4 Å². The van der Waals surface area contributed by atoms with Gasteiger partial charge >= 0.3 is 0 Å². The lowest BCUT2D eigenvalue weighted by Gasteiger charge is -2.16. The van der Waals surface area contributed by atoms with Crippen molar-refractivity contribution in [3.05, 3.63) is 52.8 Å². The van der Waals surface area contributed by atoms with Crippen LogP contribution in [-0.4, -0.2) is 18.7 Å². The first kappa shape index (κ1) is 15.6. The van der Waals surface area contributed by atoms with Crippen LogP contribution in [0, 0.1) is 0 Å². The summed E-state index contributed by atoms with van der Waals surface area (Å²) in [6.07, 6.45) is 4.15. The molecule has 0 spiro atoms. The van der Waals surface area contributed by atoms with E-state index in [0.717, 1.165) is 11.1 Å². The highest BCUT2D eigenvalue weighted by molar-refractivity contribution is 6.32. The fourth-order valence-corrected chi connectivity index (χ4v) is 2.43. The maximum Gasteiger partial charge on any atom is 0.179 e. The van der Waals surface area contributed by atoms with Gasteiger partial charge in [0.15, 0.2) is 11.5 Å². The molecule has 2 rings (SSSR count). The summed E-state index contributed by atoms with van der Waals surface area (Å²) in [5.74, 6) is 1.19. The number of aromatic nitrogens is 1. The second-order valence-corrected chi connectivity index (χ2v) is 5.05. The van der Waals surface area contributed by atoms with Crippen LogP contribution >= 0.6 is 11.6 Å². The summed E-state index contributed by atoms with van der Waals surface area (Å²) < 4.78 is 10.8. The Labute approximate surface area is 129 Å². The van der Waals surface area contributed by atoms with Crippen molar-refractivity contribution < 1.29 is 9.47 Å². The maximum absolute atomic E-state index is 6.26. The lowest BCUT2D eigenvalue weighted by molar-refractivity contribution is 0.311. The molecule has 1 aromatic heterocycles. The largest absolute Gasteiger partial charge is 0.493 e. The highest BCUT2D eigenvalue weighted by Crippen LogP contribution is 2.37. The summed E-state index contributed by atoms with van der Waals surface area (Å²) in [6.45, 7) is 2.44. The van der Waals surface area contributed by atoms with E-state index in [1.54, 1.807) is 19.5 Å². The quantitative estimate of drug-likeness (QED) is 0.889. The van der Waals surface area contributed by atoms with Crippen molar-refractivity contribution in [3.63, 3.8) is 0 Å². The Bertz CT molecular complexity index is 590. The molecule has 0 amide bonds. The third kappa shape index (κ3) is 3.86. The number of pyridine rings is 1. The van der Waals surface area contributed by atoms with Crippen molar-refractivity contribution in [1.29, 1.82) is 0 Å². The molecule has 1 aromatic carbocycles. The highest BCUT2D eigenvalue weighted by atomic mass is 35.5. The van der Waals surface area contributed by atoms with Gasteiger partial charge in [-0.3, -0.25) is 4.98 Å². The Kier molecular flexibility index (Phi) is 5.42. The molecule has 112 valence electrons. The summed E-state index contributed by atoms with van der Waals surface area (Å²) in [5.41, 5.74) is 8.19. The van der Waals surface area contributed by atoms with Gasteiger partial charge < -0.3 is 15.2 Å². The molecule has 0 fully saturated rings. The highest BCUT2D eigenvalue weighted by Gasteiger charge is 2.14. The van der Waals surface area contributed by atoms with Gasteiger partial charge in [0.05, 0.1) is 18.7 Å². The van der Waals surface area contributed by atoms with Crippen LogP contribution in [0.2, 0.25) is 5.02 Å². The average molecular weight is 307 g/mol. The lowest BCUT2D eigenvalue weighted by Crippen LogP contribution is -2.13. The minimum absolute atomic E-state index is 0.141. The van der Waals surface area contributed by atoms with E-state index < -0.39 is 0 Å². The fourth-order valence-electron chi connectivity index (χ4n) is 2.14. The number of nitrogens with two attached hydrogens (primary N) is 1. The van der Waals surface area contributed by atoms with Crippen LogP contribution in [0.25, 0.3) is 0 Å². The minimum Gasteiger partial charge on any atom is -0.493 e. The molecule has 21 heavy (non-hydrogen) atoms. The summed E-state index contributed by atoms with van der Waals surface area (Å²) in [4.78, 5) is 4.09. The van der Waals surface area contributed by atoms with E-state index in [9.17, 15) is 0 Å². The maximum atomic E-state index is 6.26. The van der Waals surface area contributed by atoms with Crippen LogP contribution in [0.15, 0.2) is 36.7 Å². The Morgan fingerprint density at radius 1 is 1.38 bits per heavy atom. The van der Waals surface area contributed by atoms with Gasteiger partial charge in [-0.2, -0.15) is 0 Å². The molecule has 4 nitrogen and oxygen atoms in total. The second-order valence-electron chi connectivity index (χ2n) is 4.64. The molecule has 0 saturated carbocycles. The van der Waals surface area contributed by atoms with Crippen molar-refractivity contribution in [1.82, 2.24) is 4.98 Å². The number of hydrogen-bond acceptors (Lipinski definition) is 4. The second kappa shape index (κ2) is 7.29. The summed E-state index contributed by atoms with van der Waals surface area (Å²) in [5, 5.41) is 0.532. The number of nitrogens with zero attached hydrogens (tertiary/aromatic N) is 1. The Hall–Kier alpha value is -1.78. The topological polar surface area (TPSA) is 57.4 Å². The van der Waals surface area contributed by atoms with Crippen LogP contribution in [-0.2, 0) is 6.42 Å². The fraction of sp³-hybridized carbons (Fsp3) is 0.312. The number of ether oxygens (including phenoxy) is 2. The number of hydrogen-bond donors (Lipinski definition) is 1. The predicted octanol–water partition coefficient (Wildman–Crippen LogP) is 3.38. The van der Waals surface area contributed by atoms with E-state index in [0.29, 0.717) is 29.5 Å². The Balaban J connectivity index is 2.23. The normalized spacial score (nSPS) is 12.0. The van der Waals surface area contributed by atoms with Crippen molar-refractivity contribution in [2.24, 2.45) is 5.73 Å². The van der Waals surface area contributed by atoms with Crippen molar-refractivity contribution >= 4 is 11.6 Å². The number of rotatable bonds is 6.